The molecule has 0 bridgehead atoms. The molecule has 0 aliphatic rings. The maximum atomic E-state index is 5.33. The first-order valence-electron chi connectivity index (χ1n) is 21.0. The molecule has 9 rings (SSSR count). The van der Waals surface area contributed by atoms with Gasteiger partial charge in [-0.05, 0) is 50.2 Å². The number of nitrogens with zero attached hydrogens (tertiary/aromatic N) is 3. The lowest BCUT2D eigenvalue weighted by Gasteiger charge is -2.25. The number of hydrogen-bond acceptors (Lipinski definition) is 4. The minimum absolute atomic E-state index is 0.659. The summed E-state index contributed by atoms with van der Waals surface area (Å²) in [7, 11) is 25.3. The molecule has 0 aliphatic carbocycles. The monoisotopic (exact) mass is 775 g/mol. The first-order valence-corrected chi connectivity index (χ1v) is 21.8. The standard InChI is InChI=1S/C45H40B11N3S/c46-30-25(26-32(48)33(49)27-28-34(50)38(54)39(55)40(56)42(28)60-41(27)37(26)53)31(47)36(52)29(35(30)51)45-58-43(22-16-14-21(15-17-22)19-8-3-1-4-9-19)57-44(59-45)24-13-7-12-23(18-24)20-10-5-2-6-11-20/h1-18H,46-56H2. The van der Waals surface area contributed by atoms with Gasteiger partial charge in [0.2, 0.25) is 0 Å². The van der Waals surface area contributed by atoms with Crippen molar-refractivity contribution in [3.63, 3.8) is 0 Å². The summed E-state index contributed by atoms with van der Waals surface area (Å²) in [5, 5.41) is 2.86. The second kappa shape index (κ2) is 15.5. The van der Waals surface area contributed by atoms with Crippen molar-refractivity contribution in [2.24, 2.45) is 0 Å². The first kappa shape index (κ1) is 39.9. The molecule has 0 spiro atoms. The summed E-state index contributed by atoms with van der Waals surface area (Å²) in [6.45, 7) is 0. The summed E-state index contributed by atoms with van der Waals surface area (Å²) in [5.74, 6) is 2.01. The van der Waals surface area contributed by atoms with Gasteiger partial charge < -0.3 is 0 Å². The highest BCUT2D eigenvalue weighted by atomic mass is 32.1. The Morgan fingerprint density at radius 1 is 0.283 bits per heavy atom. The van der Waals surface area contributed by atoms with Crippen molar-refractivity contribution in [1.29, 1.82) is 0 Å². The lowest BCUT2D eigenvalue weighted by atomic mass is 9.59. The van der Waals surface area contributed by atoms with E-state index in [1.54, 1.807) is 0 Å². The van der Waals surface area contributed by atoms with Gasteiger partial charge in [0, 0.05) is 26.1 Å². The number of fused-ring (bicyclic) bond motifs is 3. The van der Waals surface area contributed by atoms with Crippen LogP contribution in [0.3, 0.4) is 0 Å². The number of thiophene rings is 1. The van der Waals surface area contributed by atoms with Crippen LogP contribution in [0.1, 0.15) is 0 Å². The molecule has 0 atom stereocenters. The molecule has 3 nitrogen and oxygen atoms in total. The van der Waals surface area contributed by atoms with Crippen molar-refractivity contribution in [1.82, 2.24) is 15.0 Å². The van der Waals surface area contributed by atoms with E-state index >= 15 is 0 Å². The second-order valence-electron chi connectivity index (χ2n) is 16.7. The molecule has 0 saturated carbocycles. The quantitative estimate of drug-likeness (QED) is 0.158. The zero-order valence-electron chi connectivity index (χ0n) is 36.6. The van der Waals surface area contributed by atoms with E-state index < -0.39 is 0 Å². The number of benzene rings is 7. The zero-order chi connectivity index (χ0) is 42.1. The summed E-state index contributed by atoms with van der Waals surface area (Å²) in [4.78, 5) is 15.8. The van der Waals surface area contributed by atoms with E-state index in [2.05, 4.69) is 196 Å². The van der Waals surface area contributed by atoms with Crippen LogP contribution >= 0.6 is 11.3 Å². The van der Waals surface area contributed by atoms with Crippen molar-refractivity contribution in [3.05, 3.63) is 109 Å². The van der Waals surface area contributed by atoms with Gasteiger partial charge in [0.1, 0.15) is 86.3 Å². The van der Waals surface area contributed by atoms with Crippen LogP contribution in [-0.4, -0.2) is 101 Å². The predicted molar refractivity (Wildman–Crippen MR) is 295 cm³/mol. The van der Waals surface area contributed by atoms with Crippen molar-refractivity contribution in [3.8, 4) is 67.5 Å². The molecule has 2 aromatic heterocycles. The van der Waals surface area contributed by atoms with E-state index in [1.807, 2.05) is 11.3 Å². The fourth-order valence-corrected chi connectivity index (χ4v) is 10.9. The van der Waals surface area contributed by atoms with Gasteiger partial charge in [-0.3, -0.25) is 0 Å². The topological polar surface area (TPSA) is 38.7 Å². The molecule has 0 aliphatic heterocycles. The van der Waals surface area contributed by atoms with E-state index in [0.717, 1.165) is 33.4 Å². The molecule has 0 amide bonds. The molecule has 9 aromatic rings. The number of hydrogen-bond donors (Lipinski definition) is 0. The van der Waals surface area contributed by atoms with Gasteiger partial charge in [-0.25, -0.2) is 15.0 Å². The maximum absolute atomic E-state index is 5.33. The average Bonchev–Trinajstić information content (AvgIpc) is 3.70. The average molecular weight is 774 g/mol. The molecule has 0 fully saturated rings. The van der Waals surface area contributed by atoms with Crippen molar-refractivity contribution in [2.45, 2.75) is 0 Å². The third-order valence-electron chi connectivity index (χ3n) is 13.6. The summed E-state index contributed by atoms with van der Waals surface area (Å²) in [6.07, 6.45) is 0. The summed E-state index contributed by atoms with van der Waals surface area (Å²) < 4.78 is 2.83. The third kappa shape index (κ3) is 6.48. The van der Waals surface area contributed by atoms with Crippen molar-refractivity contribution < 1.29 is 0 Å². The molecule has 2 heterocycles. The van der Waals surface area contributed by atoms with Crippen molar-refractivity contribution in [2.75, 3.05) is 0 Å². The largest absolute Gasteiger partial charge is 0.208 e. The Morgan fingerprint density at radius 2 is 0.667 bits per heavy atom. The zero-order valence-corrected chi connectivity index (χ0v) is 37.5. The van der Waals surface area contributed by atoms with Gasteiger partial charge in [0.15, 0.2) is 17.5 Å². The van der Waals surface area contributed by atoms with Gasteiger partial charge >= 0.3 is 0 Å². The molecule has 274 valence electrons. The normalized spacial score (nSPS) is 11.4. The first-order chi connectivity index (χ1) is 28.8. The van der Waals surface area contributed by atoms with E-state index in [9.17, 15) is 0 Å². The third-order valence-corrected chi connectivity index (χ3v) is 15.0. The fourth-order valence-electron chi connectivity index (χ4n) is 9.42. The van der Waals surface area contributed by atoms with E-state index in [1.165, 1.54) is 97.0 Å². The molecule has 0 saturated heterocycles. The number of aromatic nitrogens is 3. The molecular weight excluding hydrogens is 734 g/mol. The van der Waals surface area contributed by atoms with Gasteiger partial charge in [0.25, 0.3) is 0 Å². The number of rotatable bonds is 6. The predicted octanol–water partition coefficient (Wildman–Crippen LogP) is -6.92. The van der Waals surface area contributed by atoms with Crippen LogP contribution in [0.15, 0.2) is 109 Å². The Morgan fingerprint density at radius 3 is 1.27 bits per heavy atom. The molecule has 7 aromatic carbocycles. The molecule has 60 heavy (non-hydrogen) atoms. The lowest BCUT2D eigenvalue weighted by Crippen LogP contribution is -2.48. The highest BCUT2D eigenvalue weighted by molar-refractivity contribution is 7.28. The summed E-state index contributed by atoms with van der Waals surface area (Å²) in [5.41, 5.74) is 24.9. The Hall–Kier alpha value is -5.52. The maximum Gasteiger partial charge on any atom is 0.164 e. The Balaban J connectivity index is 1.25. The highest BCUT2D eigenvalue weighted by Gasteiger charge is 2.25. The fraction of sp³-hybridized carbons (Fsp3) is 0. The molecule has 0 unspecified atom stereocenters. The van der Waals surface area contributed by atoms with E-state index in [0.29, 0.717) is 17.5 Å². The summed E-state index contributed by atoms with van der Waals surface area (Å²) >= 11 is 1.97. The smallest absolute Gasteiger partial charge is 0.164 e. The summed E-state index contributed by atoms with van der Waals surface area (Å²) in [6, 6.07) is 38.1. The molecule has 0 radical (unpaired) electrons. The van der Waals surface area contributed by atoms with Gasteiger partial charge in [-0.2, -0.15) is 0 Å². The minimum Gasteiger partial charge on any atom is -0.208 e. The van der Waals surface area contributed by atoms with E-state index in [-0.39, 0.29) is 0 Å². The molecule has 15 heteroatoms. The van der Waals surface area contributed by atoms with Crippen LogP contribution in [0.2, 0.25) is 0 Å². The van der Waals surface area contributed by atoms with Gasteiger partial charge in [-0.15, -0.1) is 22.3 Å². The Labute approximate surface area is 367 Å². The Kier molecular flexibility index (Phi) is 10.3. The van der Waals surface area contributed by atoms with Crippen LogP contribution < -0.4 is 60.1 Å². The van der Waals surface area contributed by atoms with Gasteiger partial charge in [-0.1, -0.05) is 152 Å². The second-order valence-corrected chi connectivity index (χ2v) is 17.7. The highest BCUT2D eigenvalue weighted by Crippen LogP contribution is 2.31. The van der Waals surface area contributed by atoms with Crippen LogP contribution in [0, 0.1) is 0 Å². The van der Waals surface area contributed by atoms with Crippen molar-refractivity contribution >= 4 is 178 Å². The Bertz CT molecular complexity index is 3180. The van der Waals surface area contributed by atoms with Gasteiger partial charge in [0.05, 0.1) is 0 Å². The van der Waals surface area contributed by atoms with E-state index in [4.69, 9.17) is 15.0 Å². The minimum atomic E-state index is 0.659. The van der Waals surface area contributed by atoms with Crippen LogP contribution in [0.25, 0.3) is 87.7 Å². The SMILES string of the molecule is Bc1c(B)c(-c2c(B)c(B)c3c(sc4c(B)c(B)c(B)c(B)c43)c2B)c(B)c(B)c1-c1nc(-c2ccc(-c3ccccc3)cc2)nc(-c2cccc(-c3ccccc3)c2)n1. The van der Waals surface area contributed by atoms with Crippen LogP contribution in [0.4, 0.5) is 0 Å². The van der Waals surface area contributed by atoms with Crippen LogP contribution in [0.5, 0.6) is 0 Å². The lowest BCUT2D eigenvalue weighted by molar-refractivity contribution is 1.08. The van der Waals surface area contributed by atoms with Crippen LogP contribution in [-0.2, 0) is 0 Å². The molecule has 0 N–H and O–H groups in total. The molecular formula is C45H40B11N3S.